The van der Waals surface area contributed by atoms with Crippen molar-refractivity contribution in [3.63, 3.8) is 0 Å². The van der Waals surface area contributed by atoms with E-state index in [1.807, 2.05) is 0 Å². The topological polar surface area (TPSA) is 69.7 Å². The molecule has 0 saturated carbocycles. The third-order valence-corrected chi connectivity index (χ3v) is 2.29. The van der Waals surface area contributed by atoms with Crippen molar-refractivity contribution < 1.29 is 22.1 Å². The fraction of sp³-hybridized carbons (Fsp3) is 0.300. The highest BCUT2D eigenvalue weighted by molar-refractivity contribution is 7.86. The van der Waals surface area contributed by atoms with Gasteiger partial charge in [0, 0.05) is 6.07 Å². The van der Waals surface area contributed by atoms with E-state index in [0.29, 0.717) is 5.75 Å². The summed E-state index contributed by atoms with van der Waals surface area (Å²) in [6, 6.07) is 4.38. The zero-order chi connectivity index (χ0) is 12.3. The van der Waals surface area contributed by atoms with Crippen LogP contribution in [0.4, 0.5) is 0 Å². The van der Waals surface area contributed by atoms with E-state index in [1.165, 1.54) is 26.2 Å². The minimum atomic E-state index is -3.67. The molecule has 0 amide bonds. The largest absolute Gasteiger partial charge is 0.497 e. The summed E-state index contributed by atoms with van der Waals surface area (Å²) in [6.45, 7) is 1.33. The third kappa shape index (κ3) is 3.23. The Balaban J connectivity index is 3.26. The maximum Gasteiger partial charge on any atom is 0.306 e. The molecule has 0 atom stereocenters. The molecule has 0 radical (unpaired) electrons. The Morgan fingerprint density at radius 2 is 1.94 bits per heavy atom. The van der Waals surface area contributed by atoms with Gasteiger partial charge in [0.15, 0.2) is 11.5 Å². The maximum absolute atomic E-state index is 11.2. The molecule has 16 heavy (non-hydrogen) atoms. The molecule has 88 valence electrons. The SMILES string of the molecule is COc1ccc(C(C)=O)c(OS(C)(=O)=O)c1. The lowest BCUT2D eigenvalue weighted by molar-refractivity contribution is 0.101. The number of Topliss-reactive ketones (excluding diaryl/α,β-unsaturated/α-hetero) is 1. The summed E-state index contributed by atoms with van der Waals surface area (Å²) in [5, 5.41) is 0. The van der Waals surface area contributed by atoms with E-state index in [9.17, 15) is 13.2 Å². The van der Waals surface area contributed by atoms with E-state index in [0.717, 1.165) is 6.26 Å². The van der Waals surface area contributed by atoms with Crippen LogP contribution in [0, 0.1) is 0 Å². The van der Waals surface area contributed by atoms with Gasteiger partial charge in [-0.2, -0.15) is 8.42 Å². The van der Waals surface area contributed by atoms with Crippen molar-refractivity contribution >= 4 is 15.9 Å². The zero-order valence-corrected chi connectivity index (χ0v) is 10.00. The van der Waals surface area contributed by atoms with Crippen molar-refractivity contribution in [1.82, 2.24) is 0 Å². The molecule has 0 saturated heterocycles. The molecule has 1 aromatic carbocycles. The Morgan fingerprint density at radius 3 is 2.38 bits per heavy atom. The minimum Gasteiger partial charge on any atom is -0.497 e. The van der Waals surface area contributed by atoms with Crippen LogP contribution in [0.3, 0.4) is 0 Å². The average Bonchev–Trinajstić information content (AvgIpc) is 2.14. The molecule has 0 bridgehead atoms. The highest BCUT2D eigenvalue weighted by Gasteiger charge is 2.14. The number of carbonyl (C=O) groups excluding carboxylic acids is 1. The Hall–Kier alpha value is -1.56. The van der Waals surface area contributed by atoms with Crippen LogP contribution in [-0.2, 0) is 10.1 Å². The predicted molar refractivity (Wildman–Crippen MR) is 58.5 cm³/mol. The molecule has 0 fully saturated rings. The third-order valence-electron chi connectivity index (χ3n) is 1.81. The van der Waals surface area contributed by atoms with Gasteiger partial charge in [-0.25, -0.2) is 0 Å². The highest BCUT2D eigenvalue weighted by atomic mass is 32.2. The smallest absolute Gasteiger partial charge is 0.306 e. The van der Waals surface area contributed by atoms with Gasteiger partial charge in [0.2, 0.25) is 0 Å². The van der Waals surface area contributed by atoms with E-state index < -0.39 is 10.1 Å². The molecule has 0 unspecified atom stereocenters. The Morgan fingerprint density at radius 1 is 1.31 bits per heavy atom. The van der Waals surface area contributed by atoms with Crippen molar-refractivity contribution in [2.24, 2.45) is 0 Å². The second-order valence-corrected chi connectivity index (χ2v) is 4.78. The maximum atomic E-state index is 11.2. The Labute approximate surface area is 94.1 Å². The van der Waals surface area contributed by atoms with E-state index in [2.05, 4.69) is 0 Å². The summed E-state index contributed by atoms with van der Waals surface area (Å²) < 4.78 is 31.6. The van der Waals surface area contributed by atoms with Gasteiger partial charge in [-0.3, -0.25) is 4.79 Å². The molecule has 0 aliphatic carbocycles. The molecule has 0 aliphatic rings. The summed E-state index contributed by atoms with van der Waals surface area (Å²) in [5.41, 5.74) is 0.200. The lowest BCUT2D eigenvalue weighted by atomic mass is 10.1. The van der Waals surface area contributed by atoms with Crippen LogP contribution >= 0.6 is 0 Å². The molecule has 0 heterocycles. The fourth-order valence-corrected chi connectivity index (χ4v) is 1.62. The Kier molecular flexibility index (Phi) is 3.54. The van der Waals surface area contributed by atoms with E-state index in [4.69, 9.17) is 8.92 Å². The van der Waals surface area contributed by atoms with E-state index in [1.54, 1.807) is 6.07 Å². The van der Waals surface area contributed by atoms with Crippen molar-refractivity contribution in [2.75, 3.05) is 13.4 Å². The molecule has 0 aromatic heterocycles. The van der Waals surface area contributed by atoms with Crippen LogP contribution in [-0.4, -0.2) is 27.6 Å². The Bertz CT molecular complexity index is 504. The number of benzene rings is 1. The van der Waals surface area contributed by atoms with Gasteiger partial charge in [0.1, 0.15) is 5.75 Å². The number of methoxy groups -OCH3 is 1. The molecule has 1 aromatic rings. The molecule has 1 rings (SSSR count). The fourth-order valence-electron chi connectivity index (χ4n) is 1.15. The van der Waals surface area contributed by atoms with Crippen molar-refractivity contribution in [3.05, 3.63) is 23.8 Å². The van der Waals surface area contributed by atoms with Gasteiger partial charge in [-0.1, -0.05) is 0 Å². The van der Waals surface area contributed by atoms with Crippen molar-refractivity contribution in [3.8, 4) is 11.5 Å². The summed E-state index contributed by atoms with van der Waals surface area (Å²) in [4.78, 5) is 11.2. The first-order valence-electron chi connectivity index (χ1n) is 4.42. The second kappa shape index (κ2) is 4.52. The van der Waals surface area contributed by atoms with E-state index in [-0.39, 0.29) is 17.1 Å². The predicted octanol–water partition coefficient (Wildman–Crippen LogP) is 1.24. The average molecular weight is 244 g/mol. The number of hydrogen-bond donors (Lipinski definition) is 0. The van der Waals surface area contributed by atoms with E-state index >= 15 is 0 Å². The van der Waals surface area contributed by atoms with Crippen LogP contribution in [0.25, 0.3) is 0 Å². The minimum absolute atomic E-state index is 0.0191. The monoisotopic (exact) mass is 244 g/mol. The van der Waals surface area contributed by atoms with Gasteiger partial charge in [-0.15, -0.1) is 0 Å². The molecule has 0 N–H and O–H groups in total. The van der Waals surface area contributed by atoms with Crippen LogP contribution in [0.2, 0.25) is 0 Å². The van der Waals surface area contributed by atoms with Crippen LogP contribution < -0.4 is 8.92 Å². The van der Waals surface area contributed by atoms with Gasteiger partial charge < -0.3 is 8.92 Å². The van der Waals surface area contributed by atoms with Gasteiger partial charge >= 0.3 is 10.1 Å². The summed E-state index contributed by atoms with van der Waals surface area (Å²) in [7, 11) is -2.23. The number of ketones is 1. The summed E-state index contributed by atoms with van der Waals surface area (Å²) in [5.74, 6) is 0.124. The lowest BCUT2D eigenvalue weighted by Gasteiger charge is -2.09. The summed E-state index contributed by atoms with van der Waals surface area (Å²) in [6.07, 6.45) is 0.913. The zero-order valence-electron chi connectivity index (χ0n) is 9.18. The van der Waals surface area contributed by atoms with Gasteiger partial charge in [-0.05, 0) is 19.1 Å². The highest BCUT2D eigenvalue weighted by Crippen LogP contribution is 2.26. The van der Waals surface area contributed by atoms with Gasteiger partial charge in [0.05, 0.1) is 18.9 Å². The number of ether oxygens (including phenoxy) is 1. The van der Waals surface area contributed by atoms with Gasteiger partial charge in [0.25, 0.3) is 0 Å². The first kappa shape index (κ1) is 12.5. The number of carbonyl (C=O) groups is 1. The first-order valence-corrected chi connectivity index (χ1v) is 6.23. The molecule has 0 aliphatic heterocycles. The molecular formula is C10H12O5S. The normalized spacial score (nSPS) is 10.9. The quantitative estimate of drug-likeness (QED) is 0.588. The molecule has 6 heteroatoms. The molecule has 5 nitrogen and oxygen atoms in total. The van der Waals surface area contributed by atoms with Crippen LogP contribution in [0.15, 0.2) is 18.2 Å². The van der Waals surface area contributed by atoms with Crippen molar-refractivity contribution in [1.29, 1.82) is 0 Å². The number of rotatable bonds is 4. The molecule has 0 spiro atoms. The van der Waals surface area contributed by atoms with Crippen LogP contribution in [0.5, 0.6) is 11.5 Å². The summed E-state index contributed by atoms with van der Waals surface area (Å²) >= 11 is 0. The van der Waals surface area contributed by atoms with Crippen LogP contribution in [0.1, 0.15) is 17.3 Å². The number of hydrogen-bond acceptors (Lipinski definition) is 5. The standard InChI is InChI=1S/C10H12O5S/c1-7(11)9-5-4-8(14-2)6-10(9)15-16(3,12)13/h4-6H,1-3H3. The second-order valence-electron chi connectivity index (χ2n) is 3.21. The first-order chi connectivity index (χ1) is 7.33. The van der Waals surface area contributed by atoms with Crippen molar-refractivity contribution in [2.45, 2.75) is 6.92 Å². The lowest BCUT2D eigenvalue weighted by Crippen LogP contribution is -2.09. The molecular weight excluding hydrogens is 232 g/mol.